The van der Waals surface area contributed by atoms with Crippen molar-refractivity contribution < 1.29 is 44.8 Å². The Morgan fingerprint density at radius 2 is 1.02 bits per heavy atom. The van der Waals surface area contributed by atoms with Crippen LogP contribution in [0.5, 0.6) is 0 Å². The van der Waals surface area contributed by atoms with Gasteiger partial charge in [-0.3, -0.25) is 9.13 Å². The summed E-state index contributed by atoms with van der Waals surface area (Å²) in [5.41, 5.74) is -8.88. The Morgan fingerprint density at radius 1 is 0.660 bits per heavy atom. The second-order valence-corrected chi connectivity index (χ2v) is 16.1. The Labute approximate surface area is 289 Å². The first kappa shape index (κ1) is 39.6. The van der Waals surface area contributed by atoms with Crippen LogP contribution in [0.4, 0.5) is 17.6 Å². The second kappa shape index (κ2) is 16.2. The average Bonchev–Trinajstić information content (AvgIpc) is 3.01. The molecule has 47 heavy (non-hydrogen) atoms. The molecule has 0 saturated heterocycles. The Morgan fingerprint density at radius 3 is 1.32 bits per heavy atom. The van der Waals surface area contributed by atoms with Gasteiger partial charge in [0.1, 0.15) is 0 Å². The molecule has 0 aliphatic rings. The van der Waals surface area contributed by atoms with E-state index in [9.17, 15) is 14.4 Å². The van der Waals surface area contributed by atoms with Crippen LogP contribution in [0, 0.1) is 11.3 Å². The lowest BCUT2D eigenvalue weighted by Crippen LogP contribution is -2.30. The Hall–Kier alpha value is -1.87. The summed E-state index contributed by atoms with van der Waals surface area (Å²) in [7, 11) is -9.75. The molecule has 0 saturated carbocycles. The quantitative estimate of drug-likeness (QED) is 0.0988. The van der Waals surface area contributed by atoms with E-state index in [0.29, 0.717) is 16.7 Å². The van der Waals surface area contributed by atoms with E-state index < -0.39 is 43.1 Å². The van der Waals surface area contributed by atoms with Crippen molar-refractivity contribution in [3.05, 3.63) is 103 Å². The van der Waals surface area contributed by atoms with Crippen LogP contribution in [0.25, 0.3) is 0 Å². The van der Waals surface area contributed by atoms with Gasteiger partial charge in [-0.05, 0) is 69.4 Å². The minimum Gasteiger partial charge on any atom is -0.304 e. The zero-order chi connectivity index (χ0) is 35.1. The molecule has 7 nitrogen and oxygen atoms in total. The van der Waals surface area contributed by atoms with Crippen LogP contribution in [0.2, 0.25) is 0 Å². The summed E-state index contributed by atoms with van der Waals surface area (Å²) in [5.74, 6) is 0. The van der Waals surface area contributed by atoms with Crippen molar-refractivity contribution in [1.82, 2.24) is 0 Å². The van der Waals surface area contributed by atoms with Gasteiger partial charge in [0.15, 0.2) is 0 Å². The van der Waals surface area contributed by atoms with Gasteiger partial charge in [-0.1, -0.05) is 86.5 Å². The predicted molar refractivity (Wildman–Crippen MR) is 179 cm³/mol. The van der Waals surface area contributed by atoms with Crippen molar-refractivity contribution in [3.8, 4) is 6.07 Å². The van der Waals surface area contributed by atoms with Gasteiger partial charge in [0.25, 0.3) is 0 Å². The summed E-state index contributed by atoms with van der Waals surface area (Å²) in [6.45, 7) is 4.72. The monoisotopic (exact) mass is 825 g/mol. The molecule has 0 aliphatic heterocycles. The van der Waals surface area contributed by atoms with Gasteiger partial charge in [0, 0.05) is 20.1 Å². The van der Waals surface area contributed by atoms with E-state index in [2.05, 4.69) is 37.9 Å². The summed E-state index contributed by atoms with van der Waals surface area (Å²) in [6, 6.07) is 19.0. The van der Waals surface area contributed by atoms with Gasteiger partial charge >= 0.3 is 26.5 Å². The van der Waals surface area contributed by atoms with E-state index >= 15 is 17.6 Å². The molecule has 3 rings (SSSR count). The molecule has 3 aromatic rings. The van der Waals surface area contributed by atoms with Crippen LogP contribution < -0.4 is 0 Å². The van der Waals surface area contributed by atoms with E-state index in [1.165, 1.54) is 52.0 Å². The standard InChI is InChI=1S/C32H35Br2F4NO6P2/c1-5-42-46(40,43-6-2)31(35,36)26-16-14-23(18-28(26)33)20-30(22-39,25-12-10-9-11-13-25)21-24-15-17-27(29(34)19-24)32(37,38)47(41,44-7-3)45-8-4/h9-19H,5-8,20-21H2,1-4H3. The number of benzene rings is 3. The molecule has 0 atom stereocenters. The SMILES string of the molecule is CCOP(=O)(OCC)C(F)(F)c1ccc(CC(C#N)(Cc2ccc(C(F)(F)P(=O)(OCC)OCC)c(Br)c2)c2ccccc2)cc1Br. The molecule has 0 unspecified atom stereocenters. The highest BCUT2D eigenvalue weighted by Gasteiger charge is 2.56. The predicted octanol–water partition coefficient (Wildman–Crippen LogP) is 11.1. The number of halogens is 6. The molecule has 0 spiro atoms. The molecule has 0 amide bonds. The summed E-state index contributed by atoms with van der Waals surface area (Å²) in [6.07, 6.45) is 0.0674. The minimum atomic E-state index is -4.87. The van der Waals surface area contributed by atoms with Crippen molar-refractivity contribution in [3.63, 3.8) is 0 Å². The first-order valence-electron chi connectivity index (χ1n) is 14.7. The molecule has 0 aromatic heterocycles. The van der Waals surface area contributed by atoms with Crippen LogP contribution >= 0.6 is 47.1 Å². The van der Waals surface area contributed by atoms with Gasteiger partial charge in [-0.15, -0.1) is 0 Å². The van der Waals surface area contributed by atoms with Crippen molar-refractivity contribution in [2.75, 3.05) is 26.4 Å². The van der Waals surface area contributed by atoms with Crippen LogP contribution in [0.3, 0.4) is 0 Å². The molecule has 0 radical (unpaired) electrons. The third-order valence-electron chi connectivity index (χ3n) is 7.15. The van der Waals surface area contributed by atoms with Crippen LogP contribution in [0.1, 0.15) is 55.5 Å². The number of hydrogen-bond donors (Lipinski definition) is 0. The largest absolute Gasteiger partial charge is 0.404 e. The Kier molecular flexibility index (Phi) is 13.7. The minimum absolute atomic E-state index is 0.0337. The molecule has 3 aromatic carbocycles. The van der Waals surface area contributed by atoms with Gasteiger partial charge in [-0.2, -0.15) is 22.8 Å². The van der Waals surface area contributed by atoms with Gasteiger partial charge in [0.05, 0.1) is 37.9 Å². The fourth-order valence-corrected chi connectivity index (χ4v) is 9.86. The van der Waals surface area contributed by atoms with E-state index in [4.69, 9.17) is 18.1 Å². The van der Waals surface area contributed by atoms with Crippen LogP contribution in [0.15, 0.2) is 75.7 Å². The molecule has 0 N–H and O–H groups in total. The van der Waals surface area contributed by atoms with E-state index in [0.717, 1.165) is 12.1 Å². The van der Waals surface area contributed by atoms with E-state index in [-0.39, 0.29) is 48.2 Å². The van der Waals surface area contributed by atoms with Crippen LogP contribution in [-0.4, -0.2) is 26.4 Å². The first-order valence-corrected chi connectivity index (χ1v) is 19.4. The lowest BCUT2D eigenvalue weighted by atomic mass is 9.72. The number of alkyl halides is 4. The van der Waals surface area contributed by atoms with Gasteiger partial charge < -0.3 is 18.1 Å². The number of nitriles is 1. The maximum atomic E-state index is 15.6. The topological polar surface area (TPSA) is 94.9 Å². The summed E-state index contributed by atoms with van der Waals surface area (Å²) < 4.78 is 108. The summed E-state index contributed by atoms with van der Waals surface area (Å²) in [5, 5.41) is 10.7. The van der Waals surface area contributed by atoms with E-state index in [1.54, 1.807) is 30.3 Å². The summed E-state index contributed by atoms with van der Waals surface area (Å²) >= 11 is 6.38. The lowest BCUT2D eigenvalue weighted by molar-refractivity contribution is 0.0354. The fraction of sp³-hybridized carbons (Fsp3) is 0.406. The molecule has 0 heterocycles. The third kappa shape index (κ3) is 8.30. The number of nitrogens with zero attached hydrogens (tertiary/aromatic N) is 1. The van der Waals surface area contributed by atoms with Crippen LogP contribution in [-0.2, 0) is 56.8 Å². The smallest absolute Gasteiger partial charge is 0.304 e. The number of rotatable bonds is 17. The fourth-order valence-electron chi connectivity index (χ4n) is 5.06. The molecule has 256 valence electrons. The highest BCUT2D eigenvalue weighted by atomic mass is 79.9. The highest BCUT2D eigenvalue weighted by molar-refractivity contribution is 9.10. The Balaban J connectivity index is 2.06. The maximum Gasteiger partial charge on any atom is 0.404 e. The molecular weight excluding hydrogens is 792 g/mol. The summed E-state index contributed by atoms with van der Waals surface area (Å²) in [4.78, 5) is 0. The van der Waals surface area contributed by atoms with Crippen molar-refractivity contribution in [2.45, 2.75) is 57.3 Å². The third-order valence-corrected chi connectivity index (χ3v) is 12.7. The number of hydrogen-bond acceptors (Lipinski definition) is 7. The van der Waals surface area contributed by atoms with Gasteiger partial charge in [-0.25, -0.2) is 0 Å². The first-order chi connectivity index (χ1) is 22.1. The van der Waals surface area contributed by atoms with Crippen molar-refractivity contribution >= 4 is 47.1 Å². The lowest BCUT2D eigenvalue weighted by Gasteiger charge is -2.30. The van der Waals surface area contributed by atoms with E-state index in [1.807, 2.05) is 0 Å². The zero-order valence-corrected chi connectivity index (χ0v) is 31.1. The molecule has 0 fully saturated rings. The van der Waals surface area contributed by atoms with Gasteiger partial charge in [0.2, 0.25) is 0 Å². The molecule has 0 aliphatic carbocycles. The molecule has 15 heteroatoms. The highest BCUT2D eigenvalue weighted by Crippen LogP contribution is 2.68. The Bertz CT molecular complexity index is 1560. The molecular formula is C32H35Br2F4NO6P2. The normalized spacial score (nSPS) is 13.0. The van der Waals surface area contributed by atoms with Crippen molar-refractivity contribution in [2.24, 2.45) is 0 Å². The maximum absolute atomic E-state index is 15.6. The molecule has 0 bridgehead atoms. The van der Waals surface area contributed by atoms with Crippen molar-refractivity contribution in [1.29, 1.82) is 5.26 Å². The zero-order valence-electron chi connectivity index (χ0n) is 26.2. The average molecular weight is 827 g/mol. The second-order valence-electron chi connectivity index (χ2n) is 10.3.